The molecule has 1 aromatic carbocycles. The Morgan fingerprint density at radius 3 is 2.67 bits per heavy atom. The van der Waals surface area contributed by atoms with Crippen LogP contribution in [-0.2, 0) is 4.79 Å². The fourth-order valence-electron chi connectivity index (χ4n) is 1.13. The summed E-state index contributed by atoms with van der Waals surface area (Å²) in [7, 11) is 0. The van der Waals surface area contributed by atoms with Crippen LogP contribution in [-0.4, -0.2) is 17.9 Å². The van der Waals surface area contributed by atoms with Crippen LogP contribution >= 0.6 is 11.8 Å². The van der Waals surface area contributed by atoms with Crippen molar-refractivity contribution in [3.8, 4) is 0 Å². The minimum atomic E-state index is -0.296. The lowest BCUT2D eigenvalue weighted by Crippen LogP contribution is -2.11. The number of anilines is 1. The lowest BCUT2D eigenvalue weighted by atomic mass is 10.3. The summed E-state index contributed by atoms with van der Waals surface area (Å²) in [6, 6.07) is 5.78. The standard InChI is InChI=1S/C11H14FNOS/c1-15-8-2-3-11(14)13-10-6-4-9(12)5-7-10/h4-7H,2-3,8H2,1H3,(H,13,14). The first-order valence-electron chi connectivity index (χ1n) is 4.76. The fourth-order valence-corrected chi connectivity index (χ4v) is 1.57. The van der Waals surface area contributed by atoms with Crippen LogP contribution in [0.25, 0.3) is 0 Å². The van der Waals surface area contributed by atoms with Crippen molar-refractivity contribution in [3.63, 3.8) is 0 Å². The maximum atomic E-state index is 12.6. The second kappa shape index (κ2) is 6.45. The number of benzene rings is 1. The molecular formula is C11H14FNOS. The predicted molar refractivity (Wildman–Crippen MR) is 62.6 cm³/mol. The maximum absolute atomic E-state index is 12.6. The Morgan fingerprint density at radius 2 is 2.07 bits per heavy atom. The van der Waals surface area contributed by atoms with E-state index in [1.807, 2.05) is 6.26 Å². The summed E-state index contributed by atoms with van der Waals surface area (Å²) in [5.74, 6) is 0.669. The van der Waals surface area contributed by atoms with Gasteiger partial charge in [0.2, 0.25) is 5.91 Å². The topological polar surface area (TPSA) is 29.1 Å². The van der Waals surface area contributed by atoms with Gasteiger partial charge in [0.05, 0.1) is 0 Å². The minimum Gasteiger partial charge on any atom is -0.326 e. The van der Waals surface area contributed by atoms with Gasteiger partial charge in [-0.2, -0.15) is 11.8 Å². The van der Waals surface area contributed by atoms with E-state index < -0.39 is 0 Å². The molecule has 0 atom stereocenters. The molecular weight excluding hydrogens is 213 g/mol. The quantitative estimate of drug-likeness (QED) is 0.784. The van der Waals surface area contributed by atoms with Crippen LogP contribution < -0.4 is 5.32 Å². The molecule has 1 aromatic rings. The molecule has 0 radical (unpaired) electrons. The van der Waals surface area contributed by atoms with Gasteiger partial charge in [0.15, 0.2) is 0 Å². The van der Waals surface area contributed by atoms with Gasteiger partial charge in [-0.05, 0) is 42.7 Å². The van der Waals surface area contributed by atoms with Gasteiger partial charge in [-0.3, -0.25) is 4.79 Å². The molecule has 0 aliphatic heterocycles. The lowest BCUT2D eigenvalue weighted by molar-refractivity contribution is -0.116. The Labute approximate surface area is 93.3 Å². The number of carbonyl (C=O) groups excluding carboxylic acids is 1. The predicted octanol–water partition coefficient (Wildman–Crippen LogP) is 2.91. The molecule has 0 aromatic heterocycles. The second-order valence-electron chi connectivity index (χ2n) is 3.15. The molecule has 0 unspecified atom stereocenters. The summed E-state index contributed by atoms with van der Waals surface area (Å²) in [6.07, 6.45) is 3.39. The zero-order valence-electron chi connectivity index (χ0n) is 8.63. The molecule has 0 saturated carbocycles. The molecule has 0 saturated heterocycles. The number of carbonyl (C=O) groups is 1. The van der Waals surface area contributed by atoms with E-state index in [1.54, 1.807) is 23.9 Å². The van der Waals surface area contributed by atoms with Crippen LogP contribution in [0.15, 0.2) is 24.3 Å². The van der Waals surface area contributed by atoms with Gasteiger partial charge in [0, 0.05) is 12.1 Å². The van der Waals surface area contributed by atoms with Gasteiger partial charge < -0.3 is 5.32 Å². The molecule has 0 fully saturated rings. The molecule has 82 valence electrons. The smallest absolute Gasteiger partial charge is 0.224 e. The molecule has 0 aliphatic carbocycles. The summed E-state index contributed by atoms with van der Waals surface area (Å²) in [5, 5.41) is 2.71. The van der Waals surface area contributed by atoms with Gasteiger partial charge in [-0.15, -0.1) is 0 Å². The molecule has 4 heteroatoms. The number of hydrogen-bond acceptors (Lipinski definition) is 2. The Hall–Kier alpha value is -1.03. The number of rotatable bonds is 5. The van der Waals surface area contributed by atoms with Crippen molar-refractivity contribution in [2.45, 2.75) is 12.8 Å². The average molecular weight is 227 g/mol. The Bertz CT molecular complexity index is 313. The van der Waals surface area contributed by atoms with Crippen LogP contribution in [0.2, 0.25) is 0 Å². The highest BCUT2D eigenvalue weighted by Crippen LogP contribution is 2.09. The van der Waals surface area contributed by atoms with Crippen LogP contribution in [0.1, 0.15) is 12.8 Å². The molecule has 1 N–H and O–H groups in total. The monoisotopic (exact) mass is 227 g/mol. The van der Waals surface area contributed by atoms with Gasteiger partial charge in [0.1, 0.15) is 5.82 Å². The third-order valence-electron chi connectivity index (χ3n) is 1.88. The summed E-state index contributed by atoms with van der Waals surface area (Å²) >= 11 is 1.72. The lowest BCUT2D eigenvalue weighted by Gasteiger charge is -2.04. The van der Waals surface area contributed by atoms with Crippen LogP contribution in [0.4, 0.5) is 10.1 Å². The first kappa shape index (κ1) is 12.0. The minimum absolute atomic E-state index is 0.0179. The van der Waals surface area contributed by atoms with E-state index in [0.717, 1.165) is 12.2 Å². The Morgan fingerprint density at radius 1 is 1.40 bits per heavy atom. The zero-order valence-corrected chi connectivity index (χ0v) is 9.44. The van der Waals surface area contributed by atoms with Gasteiger partial charge >= 0.3 is 0 Å². The van der Waals surface area contributed by atoms with Crippen LogP contribution in [0.3, 0.4) is 0 Å². The van der Waals surface area contributed by atoms with E-state index >= 15 is 0 Å². The molecule has 2 nitrogen and oxygen atoms in total. The van der Waals surface area contributed by atoms with Gasteiger partial charge in [-0.1, -0.05) is 0 Å². The number of nitrogens with one attached hydrogen (secondary N) is 1. The van der Waals surface area contributed by atoms with Crippen LogP contribution in [0.5, 0.6) is 0 Å². The zero-order chi connectivity index (χ0) is 11.1. The van der Waals surface area contributed by atoms with Crippen molar-refractivity contribution in [2.75, 3.05) is 17.3 Å². The van der Waals surface area contributed by atoms with Crippen LogP contribution in [0, 0.1) is 5.82 Å². The molecule has 0 bridgehead atoms. The molecule has 0 spiro atoms. The third kappa shape index (κ3) is 4.83. The number of thioether (sulfide) groups is 1. The molecule has 15 heavy (non-hydrogen) atoms. The first-order chi connectivity index (χ1) is 7.22. The van der Waals surface area contributed by atoms with Gasteiger partial charge in [0.25, 0.3) is 0 Å². The van der Waals surface area contributed by atoms with E-state index in [9.17, 15) is 9.18 Å². The summed E-state index contributed by atoms with van der Waals surface area (Å²) in [5.41, 5.74) is 0.644. The van der Waals surface area contributed by atoms with Crippen molar-refractivity contribution in [3.05, 3.63) is 30.1 Å². The normalized spacial score (nSPS) is 10.0. The van der Waals surface area contributed by atoms with E-state index in [2.05, 4.69) is 5.32 Å². The molecule has 0 heterocycles. The summed E-state index contributed by atoms with van der Waals surface area (Å²) in [6.45, 7) is 0. The Balaban J connectivity index is 2.34. The van der Waals surface area contributed by atoms with Crippen molar-refractivity contribution >= 4 is 23.4 Å². The Kier molecular flexibility index (Phi) is 5.18. The largest absolute Gasteiger partial charge is 0.326 e. The number of hydrogen-bond donors (Lipinski definition) is 1. The van der Waals surface area contributed by atoms with Crippen molar-refractivity contribution in [2.24, 2.45) is 0 Å². The number of halogens is 1. The molecule has 1 rings (SSSR count). The first-order valence-corrected chi connectivity index (χ1v) is 6.16. The van der Waals surface area contributed by atoms with E-state index in [1.165, 1.54) is 12.1 Å². The van der Waals surface area contributed by atoms with Crippen molar-refractivity contribution in [1.29, 1.82) is 0 Å². The van der Waals surface area contributed by atoms with Gasteiger partial charge in [-0.25, -0.2) is 4.39 Å². The third-order valence-corrected chi connectivity index (χ3v) is 2.58. The van der Waals surface area contributed by atoms with E-state index in [-0.39, 0.29) is 11.7 Å². The second-order valence-corrected chi connectivity index (χ2v) is 4.14. The molecule has 1 amide bonds. The number of amides is 1. The molecule has 0 aliphatic rings. The van der Waals surface area contributed by atoms with Crippen molar-refractivity contribution < 1.29 is 9.18 Å². The fraction of sp³-hybridized carbons (Fsp3) is 0.364. The summed E-state index contributed by atoms with van der Waals surface area (Å²) in [4.78, 5) is 11.4. The summed E-state index contributed by atoms with van der Waals surface area (Å²) < 4.78 is 12.6. The maximum Gasteiger partial charge on any atom is 0.224 e. The highest BCUT2D eigenvalue weighted by atomic mass is 32.2. The van der Waals surface area contributed by atoms with E-state index in [0.29, 0.717) is 12.1 Å². The SMILES string of the molecule is CSCCCC(=O)Nc1ccc(F)cc1. The highest BCUT2D eigenvalue weighted by molar-refractivity contribution is 7.98. The van der Waals surface area contributed by atoms with E-state index in [4.69, 9.17) is 0 Å². The van der Waals surface area contributed by atoms with Crippen molar-refractivity contribution in [1.82, 2.24) is 0 Å². The highest BCUT2D eigenvalue weighted by Gasteiger charge is 2.01. The average Bonchev–Trinajstić information content (AvgIpc) is 2.22.